The summed E-state index contributed by atoms with van der Waals surface area (Å²) in [5.41, 5.74) is 1.37. The molecule has 7 heteroatoms. The molecule has 1 fully saturated rings. The van der Waals surface area contributed by atoms with Gasteiger partial charge in [-0.2, -0.15) is 0 Å². The summed E-state index contributed by atoms with van der Waals surface area (Å²) in [4.78, 5) is 28.6. The molecule has 3 rings (SSSR count). The molecule has 0 unspecified atom stereocenters. The number of aromatic hydroxyl groups is 1. The van der Waals surface area contributed by atoms with Gasteiger partial charge in [0.15, 0.2) is 0 Å². The summed E-state index contributed by atoms with van der Waals surface area (Å²) in [7, 11) is 0. The highest BCUT2D eigenvalue weighted by molar-refractivity contribution is 6.35. The number of amides is 2. The van der Waals surface area contributed by atoms with Crippen LogP contribution in [0.1, 0.15) is 26.3 Å². The lowest BCUT2D eigenvalue weighted by Crippen LogP contribution is -2.50. The summed E-state index contributed by atoms with van der Waals surface area (Å²) >= 11 is 11.9. The molecule has 0 atom stereocenters. The zero-order valence-corrected chi connectivity index (χ0v) is 15.7. The Morgan fingerprint density at radius 3 is 2.04 bits per heavy atom. The lowest BCUT2D eigenvalue weighted by atomic mass is 10.1. The van der Waals surface area contributed by atoms with E-state index in [0.29, 0.717) is 47.4 Å². The molecule has 136 valence electrons. The SMILES string of the molecule is Cc1cccc(C(=O)N2CCN(C(=O)c3cc(Cl)cc(Cl)c3)CC2)c1O. The van der Waals surface area contributed by atoms with Gasteiger partial charge in [-0.15, -0.1) is 0 Å². The molecule has 0 radical (unpaired) electrons. The van der Waals surface area contributed by atoms with Crippen molar-refractivity contribution in [3.8, 4) is 5.75 Å². The lowest BCUT2D eigenvalue weighted by Gasteiger charge is -2.35. The van der Waals surface area contributed by atoms with Gasteiger partial charge < -0.3 is 14.9 Å². The van der Waals surface area contributed by atoms with Crippen molar-refractivity contribution in [3.63, 3.8) is 0 Å². The van der Waals surface area contributed by atoms with Gasteiger partial charge in [0.25, 0.3) is 11.8 Å². The van der Waals surface area contributed by atoms with Crippen LogP contribution in [-0.2, 0) is 0 Å². The average Bonchev–Trinajstić information content (AvgIpc) is 2.62. The zero-order chi connectivity index (χ0) is 18.8. The van der Waals surface area contributed by atoms with Crippen LogP contribution in [0.5, 0.6) is 5.75 Å². The largest absolute Gasteiger partial charge is 0.507 e. The maximum atomic E-state index is 12.6. The third-order valence-electron chi connectivity index (χ3n) is 4.43. The fourth-order valence-electron chi connectivity index (χ4n) is 2.97. The van der Waals surface area contributed by atoms with Crippen LogP contribution in [0.3, 0.4) is 0 Å². The molecule has 1 aliphatic heterocycles. The molecule has 2 amide bonds. The number of nitrogens with zero attached hydrogens (tertiary/aromatic N) is 2. The Morgan fingerprint density at radius 1 is 0.923 bits per heavy atom. The second-order valence-electron chi connectivity index (χ2n) is 6.21. The summed E-state index contributed by atoms with van der Waals surface area (Å²) in [5, 5.41) is 10.9. The first kappa shape index (κ1) is 18.5. The predicted molar refractivity (Wildman–Crippen MR) is 101 cm³/mol. The van der Waals surface area contributed by atoms with Crippen LogP contribution in [-0.4, -0.2) is 52.9 Å². The number of hydrogen-bond acceptors (Lipinski definition) is 3. The van der Waals surface area contributed by atoms with E-state index in [-0.39, 0.29) is 23.1 Å². The van der Waals surface area contributed by atoms with Gasteiger partial charge in [-0.05, 0) is 36.8 Å². The molecular weight excluding hydrogens is 375 g/mol. The Hall–Kier alpha value is -2.24. The molecular formula is C19H18Cl2N2O3. The molecule has 26 heavy (non-hydrogen) atoms. The molecule has 2 aromatic rings. The molecule has 0 aliphatic carbocycles. The van der Waals surface area contributed by atoms with E-state index in [1.165, 1.54) is 0 Å². The smallest absolute Gasteiger partial charge is 0.257 e. The van der Waals surface area contributed by atoms with Crippen LogP contribution in [0.25, 0.3) is 0 Å². The van der Waals surface area contributed by atoms with Crippen molar-refractivity contribution in [1.29, 1.82) is 0 Å². The highest BCUT2D eigenvalue weighted by Gasteiger charge is 2.27. The van der Waals surface area contributed by atoms with Crippen LogP contribution in [0.15, 0.2) is 36.4 Å². The first-order chi connectivity index (χ1) is 12.4. The van der Waals surface area contributed by atoms with Crippen LogP contribution in [0.4, 0.5) is 0 Å². The fraction of sp³-hybridized carbons (Fsp3) is 0.263. The molecule has 5 nitrogen and oxygen atoms in total. The summed E-state index contributed by atoms with van der Waals surface area (Å²) < 4.78 is 0. The van der Waals surface area contributed by atoms with E-state index in [4.69, 9.17) is 23.2 Å². The first-order valence-corrected chi connectivity index (χ1v) is 8.95. The highest BCUT2D eigenvalue weighted by atomic mass is 35.5. The molecule has 1 saturated heterocycles. The van der Waals surface area contributed by atoms with Gasteiger partial charge in [0, 0.05) is 41.8 Å². The quantitative estimate of drug-likeness (QED) is 0.848. The fourth-order valence-corrected chi connectivity index (χ4v) is 3.50. The third-order valence-corrected chi connectivity index (χ3v) is 4.87. The molecule has 0 aromatic heterocycles. The van der Waals surface area contributed by atoms with Crippen molar-refractivity contribution in [2.24, 2.45) is 0 Å². The number of phenolic OH excluding ortho intramolecular Hbond substituents is 1. The van der Waals surface area contributed by atoms with E-state index < -0.39 is 0 Å². The maximum absolute atomic E-state index is 12.6. The van der Waals surface area contributed by atoms with Crippen molar-refractivity contribution in [2.45, 2.75) is 6.92 Å². The number of carbonyl (C=O) groups is 2. The van der Waals surface area contributed by atoms with E-state index in [0.717, 1.165) is 0 Å². The highest BCUT2D eigenvalue weighted by Crippen LogP contribution is 2.24. The molecule has 1 N–H and O–H groups in total. The topological polar surface area (TPSA) is 60.9 Å². The van der Waals surface area contributed by atoms with Crippen LogP contribution in [0, 0.1) is 6.92 Å². The van der Waals surface area contributed by atoms with Gasteiger partial charge in [-0.3, -0.25) is 9.59 Å². The predicted octanol–water partition coefficient (Wildman–Crippen LogP) is 3.61. The number of phenols is 1. The monoisotopic (exact) mass is 392 g/mol. The van der Waals surface area contributed by atoms with E-state index in [2.05, 4.69) is 0 Å². The van der Waals surface area contributed by atoms with Crippen molar-refractivity contribution < 1.29 is 14.7 Å². The minimum absolute atomic E-state index is 0.00424. The minimum Gasteiger partial charge on any atom is -0.507 e. The molecule has 0 saturated carbocycles. The summed E-state index contributed by atoms with van der Waals surface area (Å²) in [6.07, 6.45) is 0. The second-order valence-corrected chi connectivity index (χ2v) is 7.09. The summed E-state index contributed by atoms with van der Waals surface area (Å²) in [6, 6.07) is 9.83. The van der Waals surface area contributed by atoms with Crippen LogP contribution < -0.4 is 0 Å². The third kappa shape index (κ3) is 3.79. The van der Waals surface area contributed by atoms with Crippen molar-refractivity contribution in [3.05, 3.63) is 63.1 Å². The van der Waals surface area contributed by atoms with E-state index in [9.17, 15) is 14.7 Å². The van der Waals surface area contributed by atoms with E-state index >= 15 is 0 Å². The number of halogens is 2. The van der Waals surface area contributed by atoms with Crippen molar-refractivity contribution >= 4 is 35.0 Å². The Labute approximate surface area is 161 Å². The Kier molecular flexibility index (Phi) is 5.39. The van der Waals surface area contributed by atoms with Gasteiger partial charge in [0.1, 0.15) is 5.75 Å². The Morgan fingerprint density at radius 2 is 1.46 bits per heavy atom. The van der Waals surface area contributed by atoms with E-state index in [1.54, 1.807) is 53.1 Å². The van der Waals surface area contributed by atoms with Crippen molar-refractivity contribution in [1.82, 2.24) is 9.80 Å². The molecule has 0 spiro atoms. The van der Waals surface area contributed by atoms with Gasteiger partial charge in [-0.1, -0.05) is 35.3 Å². The molecule has 1 aliphatic rings. The number of benzene rings is 2. The number of hydrogen-bond donors (Lipinski definition) is 1. The van der Waals surface area contributed by atoms with Gasteiger partial charge in [0.05, 0.1) is 5.56 Å². The number of rotatable bonds is 2. The standard InChI is InChI=1S/C19H18Cl2N2O3/c1-12-3-2-4-16(17(12)24)19(26)23-7-5-22(6-8-23)18(25)13-9-14(20)11-15(21)10-13/h2-4,9-11,24H,5-8H2,1H3. The van der Waals surface area contributed by atoms with E-state index in [1.807, 2.05) is 0 Å². The summed E-state index contributed by atoms with van der Waals surface area (Å²) in [6.45, 7) is 3.35. The molecule has 0 bridgehead atoms. The normalized spacial score (nSPS) is 14.4. The average molecular weight is 393 g/mol. The number of piperazine rings is 1. The van der Waals surface area contributed by atoms with Gasteiger partial charge in [-0.25, -0.2) is 0 Å². The lowest BCUT2D eigenvalue weighted by molar-refractivity contribution is 0.0533. The van der Waals surface area contributed by atoms with Gasteiger partial charge >= 0.3 is 0 Å². The number of aryl methyl sites for hydroxylation is 1. The molecule has 1 heterocycles. The minimum atomic E-state index is -0.232. The number of carbonyl (C=O) groups excluding carboxylic acids is 2. The maximum Gasteiger partial charge on any atom is 0.257 e. The number of para-hydroxylation sites is 1. The first-order valence-electron chi connectivity index (χ1n) is 8.20. The van der Waals surface area contributed by atoms with Gasteiger partial charge in [0.2, 0.25) is 0 Å². The van der Waals surface area contributed by atoms with Crippen LogP contribution >= 0.6 is 23.2 Å². The van der Waals surface area contributed by atoms with Crippen molar-refractivity contribution in [2.75, 3.05) is 26.2 Å². The molecule has 2 aromatic carbocycles. The zero-order valence-electron chi connectivity index (χ0n) is 14.2. The second kappa shape index (κ2) is 7.56. The Bertz CT molecular complexity index is 842. The Balaban J connectivity index is 1.68. The summed E-state index contributed by atoms with van der Waals surface area (Å²) in [5.74, 6) is -0.395. The van der Waals surface area contributed by atoms with Crippen LogP contribution in [0.2, 0.25) is 10.0 Å².